The average Bonchev–Trinajstić information content (AvgIpc) is 2.40. The van der Waals surface area contributed by atoms with Crippen molar-refractivity contribution in [3.8, 4) is 5.75 Å². The van der Waals surface area contributed by atoms with E-state index >= 15 is 0 Å². The molecule has 0 aliphatic heterocycles. The standard InChI is InChI=1S/C16H24N2OS/c1-2-18(12-13-6-5-7-13)10-11-19-15-9-4-3-8-14(15)16(17)20/h3-4,8-9,13H,2,5-7,10-12H2,1H3,(H2,17,20). The molecule has 110 valence electrons. The fraction of sp³-hybridized carbons (Fsp3) is 0.562. The maximum Gasteiger partial charge on any atom is 0.129 e. The van der Waals surface area contributed by atoms with Crippen molar-refractivity contribution in [2.24, 2.45) is 11.7 Å². The molecule has 2 N–H and O–H groups in total. The van der Waals surface area contributed by atoms with Crippen LogP contribution in [-0.2, 0) is 0 Å². The molecule has 1 fully saturated rings. The molecule has 0 bridgehead atoms. The van der Waals surface area contributed by atoms with Crippen molar-refractivity contribution in [2.75, 3.05) is 26.2 Å². The van der Waals surface area contributed by atoms with Crippen LogP contribution in [0.2, 0.25) is 0 Å². The first-order valence-electron chi connectivity index (χ1n) is 7.44. The van der Waals surface area contributed by atoms with Crippen LogP contribution >= 0.6 is 12.2 Å². The fourth-order valence-electron chi connectivity index (χ4n) is 2.50. The molecule has 0 atom stereocenters. The number of ether oxygens (including phenoxy) is 1. The van der Waals surface area contributed by atoms with Gasteiger partial charge in [-0.05, 0) is 37.4 Å². The number of nitrogens with zero attached hydrogens (tertiary/aromatic N) is 1. The van der Waals surface area contributed by atoms with Gasteiger partial charge in [-0.3, -0.25) is 4.90 Å². The lowest BCUT2D eigenvalue weighted by molar-refractivity contribution is 0.158. The third-order valence-electron chi connectivity index (χ3n) is 4.01. The Hall–Kier alpha value is -1.13. The first-order valence-corrected chi connectivity index (χ1v) is 7.85. The van der Waals surface area contributed by atoms with Crippen LogP contribution < -0.4 is 10.5 Å². The number of hydrogen-bond acceptors (Lipinski definition) is 3. The van der Waals surface area contributed by atoms with E-state index in [1.54, 1.807) is 0 Å². The van der Waals surface area contributed by atoms with E-state index in [-0.39, 0.29) is 0 Å². The van der Waals surface area contributed by atoms with Gasteiger partial charge in [-0.2, -0.15) is 0 Å². The number of rotatable bonds is 8. The molecule has 1 aliphatic carbocycles. The Morgan fingerprint density at radius 2 is 2.15 bits per heavy atom. The maximum absolute atomic E-state index is 5.85. The van der Waals surface area contributed by atoms with Gasteiger partial charge in [-0.15, -0.1) is 0 Å². The summed E-state index contributed by atoms with van der Waals surface area (Å²) < 4.78 is 5.85. The molecule has 1 aliphatic rings. The predicted molar refractivity (Wildman–Crippen MR) is 87.3 cm³/mol. The van der Waals surface area contributed by atoms with Gasteiger partial charge < -0.3 is 10.5 Å². The Labute approximate surface area is 127 Å². The van der Waals surface area contributed by atoms with Gasteiger partial charge >= 0.3 is 0 Å². The van der Waals surface area contributed by atoms with E-state index in [1.165, 1.54) is 25.8 Å². The second-order valence-corrected chi connectivity index (χ2v) is 5.84. The summed E-state index contributed by atoms with van der Waals surface area (Å²) >= 11 is 5.04. The molecule has 0 unspecified atom stereocenters. The van der Waals surface area contributed by atoms with Gasteiger partial charge in [-0.25, -0.2) is 0 Å². The van der Waals surface area contributed by atoms with Crippen molar-refractivity contribution < 1.29 is 4.74 Å². The van der Waals surface area contributed by atoms with Gasteiger partial charge in [0.1, 0.15) is 17.3 Å². The number of benzene rings is 1. The topological polar surface area (TPSA) is 38.5 Å². The van der Waals surface area contributed by atoms with Crippen LogP contribution in [0.15, 0.2) is 24.3 Å². The van der Waals surface area contributed by atoms with Gasteiger partial charge in [0.05, 0.1) is 5.56 Å². The van der Waals surface area contributed by atoms with E-state index in [0.29, 0.717) is 11.6 Å². The molecule has 0 heterocycles. The largest absolute Gasteiger partial charge is 0.492 e. The first-order chi connectivity index (χ1) is 9.70. The molecular weight excluding hydrogens is 268 g/mol. The third-order valence-corrected chi connectivity index (χ3v) is 4.23. The zero-order chi connectivity index (χ0) is 14.4. The summed E-state index contributed by atoms with van der Waals surface area (Å²) in [4.78, 5) is 2.86. The van der Waals surface area contributed by atoms with E-state index in [9.17, 15) is 0 Å². The quantitative estimate of drug-likeness (QED) is 0.748. The number of likely N-dealkylation sites (N-methyl/N-ethyl adjacent to an activating group) is 1. The lowest BCUT2D eigenvalue weighted by atomic mass is 9.85. The van der Waals surface area contributed by atoms with E-state index in [4.69, 9.17) is 22.7 Å². The van der Waals surface area contributed by atoms with Crippen LogP contribution in [0.5, 0.6) is 5.75 Å². The Morgan fingerprint density at radius 1 is 1.40 bits per heavy atom. The Bertz CT molecular complexity index is 446. The summed E-state index contributed by atoms with van der Waals surface area (Å²) in [5, 5.41) is 0. The summed E-state index contributed by atoms with van der Waals surface area (Å²) in [6.07, 6.45) is 4.18. The molecule has 0 aromatic heterocycles. The zero-order valence-corrected chi connectivity index (χ0v) is 13.0. The Balaban J connectivity index is 1.80. The van der Waals surface area contributed by atoms with Gasteiger partial charge in [-0.1, -0.05) is 37.7 Å². The van der Waals surface area contributed by atoms with Gasteiger partial charge in [0.15, 0.2) is 0 Å². The van der Waals surface area contributed by atoms with Crippen molar-refractivity contribution in [1.29, 1.82) is 0 Å². The van der Waals surface area contributed by atoms with Crippen LogP contribution in [0.25, 0.3) is 0 Å². The zero-order valence-electron chi connectivity index (χ0n) is 12.2. The molecule has 2 rings (SSSR count). The number of nitrogens with two attached hydrogens (primary N) is 1. The molecule has 0 radical (unpaired) electrons. The SMILES string of the molecule is CCN(CCOc1ccccc1C(N)=S)CC1CCC1. The van der Waals surface area contributed by atoms with E-state index in [2.05, 4.69) is 11.8 Å². The molecule has 3 nitrogen and oxygen atoms in total. The normalized spacial score (nSPS) is 15.1. The molecular formula is C16H24N2OS. The summed E-state index contributed by atoms with van der Waals surface area (Å²) in [6, 6.07) is 7.71. The number of hydrogen-bond donors (Lipinski definition) is 1. The monoisotopic (exact) mass is 292 g/mol. The molecule has 4 heteroatoms. The molecule has 1 aromatic carbocycles. The van der Waals surface area contributed by atoms with Gasteiger partial charge in [0.2, 0.25) is 0 Å². The highest BCUT2D eigenvalue weighted by Gasteiger charge is 2.19. The highest BCUT2D eigenvalue weighted by atomic mass is 32.1. The minimum Gasteiger partial charge on any atom is -0.492 e. The molecule has 20 heavy (non-hydrogen) atoms. The molecule has 0 saturated heterocycles. The highest BCUT2D eigenvalue weighted by molar-refractivity contribution is 7.80. The van der Waals surface area contributed by atoms with E-state index < -0.39 is 0 Å². The van der Waals surface area contributed by atoms with Crippen molar-refractivity contribution in [2.45, 2.75) is 26.2 Å². The van der Waals surface area contributed by atoms with E-state index in [0.717, 1.165) is 30.3 Å². The third kappa shape index (κ3) is 4.18. The lowest BCUT2D eigenvalue weighted by Gasteiger charge is -2.31. The minimum absolute atomic E-state index is 0.391. The van der Waals surface area contributed by atoms with Crippen molar-refractivity contribution >= 4 is 17.2 Å². The van der Waals surface area contributed by atoms with Crippen LogP contribution in [-0.4, -0.2) is 36.1 Å². The second kappa shape index (κ2) is 7.60. The average molecular weight is 292 g/mol. The molecule has 1 aromatic rings. The minimum atomic E-state index is 0.391. The number of para-hydroxylation sites is 1. The fourth-order valence-corrected chi connectivity index (χ4v) is 2.67. The Morgan fingerprint density at radius 3 is 2.75 bits per heavy atom. The summed E-state index contributed by atoms with van der Waals surface area (Å²) in [5.41, 5.74) is 6.53. The second-order valence-electron chi connectivity index (χ2n) is 5.40. The summed E-state index contributed by atoms with van der Waals surface area (Å²) in [6.45, 7) is 6.13. The van der Waals surface area contributed by atoms with Crippen molar-refractivity contribution in [1.82, 2.24) is 4.90 Å². The highest BCUT2D eigenvalue weighted by Crippen LogP contribution is 2.27. The maximum atomic E-state index is 5.85. The number of thiocarbonyl (C=S) groups is 1. The molecule has 1 saturated carbocycles. The van der Waals surface area contributed by atoms with Crippen LogP contribution in [0, 0.1) is 5.92 Å². The van der Waals surface area contributed by atoms with E-state index in [1.807, 2.05) is 24.3 Å². The van der Waals surface area contributed by atoms with Gasteiger partial charge in [0, 0.05) is 13.1 Å². The molecule has 0 spiro atoms. The smallest absolute Gasteiger partial charge is 0.129 e. The first kappa shape index (κ1) is 15.3. The van der Waals surface area contributed by atoms with Crippen LogP contribution in [0.3, 0.4) is 0 Å². The van der Waals surface area contributed by atoms with Crippen molar-refractivity contribution in [3.63, 3.8) is 0 Å². The van der Waals surface area contributed by atoms with Crippen LogP contribution in [0.4, 0.5) is 0 Å². The summed E-state index contributed by atoms with van der Waals surface area (Å²) in [7, 11) is 0. The Kier molecular flexibility index (Phi) is 5.80. The van der Waals surface area contributed by atoms with Crippen LogP contribution in [0.1, 0.15) is 31.7 Å². The summed E-state index contributed by atoms with van der Waals surface area (Å²) in [5.74, 6) is 1.69. The predicted octanol–water partition coefficient (Wildman–Crippen LogP) is 2.82. The lowest BCUT2D eigenvalue weighted by Crippen LogP contribution is -2.35. The molecule has 0 amide bonds. The van der Waals surface area contributed by atoms with Gasteiger partial charge in [0.25, 0.3) is 0 Å². The van der Waals surface area contributed by atoms with Crippen molar-refractivity contribution in [3.05, 3.63) is 29.8 Å².